The lowest BCUT2D eigenvalue weighted by atomic mass is 10.1. The predicted molar refractivity (Wildman–Crippen MR) is 259 cm³/mol. The van der Waals surface area contributed by atoms with Gasteiger partial charge in [0, 0.05) is 59.7 Å². The number of benzene rings is 2. The Morgan fingerprint density at radius 2 is 1.12 bits per heavy atom. The SMILES string of the molecule is COc1ccc(-n2cnnn2)c(CN)c1F.COc1ccc(-n2cnnn2)c(CNS(=O)(=O)c2cn(Cc3cn4cc(C5CC5)ccc4n3)nn2)c1F.O=S(=O)(Cl)c1cn(Cc2cn3cc(C4CC4)ccc3n2)nn1. The van der Waals surface area contributed by atoms with Crippen LogP contribution in [0.15, 0.2) is 108 Å². The first-order valence-corrected chi connectivity index (χ1v) is 26.5. The van der Waals surface area contributed by atoms with Crippen molar-refractivity contribution >= 4 is 41.1 Å². The topological polar surface area (TPSA) is 308 Å². The molecule has 0 saturated heterocycles. The van der Waals surface area contributed by atoms with E-state index in [0.29, 0.717) is 35.3 Å². The third-order valence-corrected chi connectivity index (χ3v) is 14.4. The lowest BCUT2D eigenvalue weighted by Crippen LogP contribution is -2.25. The van der Waals surface area contributed by atoms with E-state index >= 15 is 4.39 Å². The van der Waals surface area contributed by atoms with Crippen LogP contribution in [-0.4, -0.2) is 120 Å². The molecule has 31 heteroatoms. The summed E-state index contributed by atoms with van der Waals surface area (Å²) >= 11 is 0. The van der Waals surface area contributed by atoms with Gasteiger partial charge in [-0.2, -0.15) is 0 Å². The monoisotopic (exact) mass is 1080 g/mol. The highest BCUT2D eigenvalue weighted by Crippen LogP contribution is 2.41. The van der Waals surface area contributed by atoms with Gasteiger partial charge in [0.15, 0.2) is 23.1 Å². The van der Waals surface area contributed by atoms with Crippen molar-refractivity contribution in [3.05, 3.63) is 144 Å². The summed E-state index contributed by atoms with van der Waals surface area (Å²) in [6, 6.07) is 14.3. The first kappa shape index (κ1) is 50.3. The van der Waals surface area contributed by atoms with Gasteiger partial charge in [-0.05, 0) is 106 Å². The van der Waals surface area contributed by atoms with E-state index in [0.717, 1.165) is 17.0 Å². The second kappa shape index (κ2) is 21.0. The fraction of sp³-hybridized carbons (Fsp3) is 0.273. The normalized spacial score (nSPS) is 13.6. The molecule has 2 fully saturated rings. The highest BCUT2D eigenvalue weighted by molar-refractivity contribution is 8.13. The van der Waals surface area contributed by atoms with Crippen molar-refractivity contribution in [2.75, 3.05) is 14.2 Å². The molecule has 0 amide bonds. The molecule has 0 bridgehead atoms. The summed E-state index contributed by atoms with van der Waals surface area (Å²) in [5, 5.41) is 36.0. The summed E-state index contributed by atoms with van der Waals surface area (Å²) in [4.78, 5) is 9.07. The number of pyridine rings is 2. The Labute approximate surface area is 428 Å². The zero-order chi connectivity index (χ0) is 52.4. The van der Waals surface area contributed by atoms with Crippen molar-refractivity contribution in [3.8, 4) is 22.9 Å². The molecule has 0 aliphatic heterocycles. The van der Waals surface area contributed by atoms with Gasteiger partial charge in [-0.25, -0.2) is 59.0 Å². The van der Waals surface area contributed by atoms with E-state index < -0.39 is 37.3 Å². The quantitative estimate of drug-likeness (QED) is 0.131. The summed E-state index contributed by atoms with van der Waals surface area (Å²) < 4.78 is 98.7. The number of nitrogens with one attached hydrogen (secondary N) is 1. The van der Waals surface area contributed by atoms with Crippen LogP contribution in [0.4, 0.5) is 8.78 Å². The minimum Gasteiger partial charge on any atom is -0.494 e. The Morgan fingerprint density at radius 3 is 1.56 bits per heavy atom. The van der Waals surface area contributed by atoms with Crippen LogP contribution in [0.5, 0.6) is 11.5 Å². The lowest BCUT2D eigenvalue weighted by molar-refractivity contribution is 0.383. The highest BCUT2D eigenvalue weighted by Gasteiger charge is 2.26. The van der Waals surface area contributed by atoms with Gasteiger partial charge in [0.05, 0.1) is 62.5 Å². The maximum Gasteiger partial charge on any atom is 0.282 e. The summed E-state index contributed by atoms with van der Waals surface area (Å²) in [7, 11) is -0.0352. The Hall–Kier alpha value is -8.19. The van der Waals surface area contributed by atoms with Gasteiger partial charge < -0.3 is 24.0 Å². The minimum absolute atomic E-state index is 0.00196. The number of aromatic nitrogens is 18. The summed E-state index contributed by atoms with van der Waals surface area (Å²) in [6.45, 7) is 0.207. The Balaban J connectivity index is 0.000000142. The number of fused-ring (bicyclic) bond motifs is 2. The molecule has 0 unspecified atom stereocenters. The molecule has 26 nitrogen and oxygen atoms in total. The Kier molecular flexibility index (Phi) is 14.1. The fourth-order valence-electron chi connectivity index (χ4n) is 7.94. The maximum absolute atomic E-state index is 15.0. The smallest absolute Gasteiger partial charge is 0.282 e. The molecule has 3 N–H and O–H groups in total. The largest absolute Gasteiger partial charge is 0.494 e. The molecule has 2 saturated carbocycles. The first-order valence-electron chi connectivity index (χ1n) is 22.7. The number of imidazole rings is 2. The van der Waals surface area contributed by atoms with Crippen LogP contribution in [0.2, 0.25) is 0 Å². The molecule has 2 aliphatic carbocycles. The number of methoxy groups -OCH3 is 2. The number of sulfonamides is 1. The Bertz CT molecular complexity index is 3880. The van der Waals surface area contributed by atoms with Crippen LogP contribution < -0.4 is 19.9 Å². The molecule has 10 aromatic rings. The van der Waals surface area contributed by atoms with E-state index in [1.807, 2.05) is 33.3 Å². The molecule has 388 valence electrons. The van der Waals surface area contributed by atoms with Crippen molar-refractivity contribution in [1.29, 1.82) is 0 Å². The van der Waals surface area contributed by atoms with Gasteiger partial charge in [-0.15, -0.1) is 20.4 Å². The van der Waals surface area contributed by atoms with Gasteiger partial charge in [0.2, 0.25) is 10.1 Å². The average molecular weight is 1090 g/mol. The number of rotatable bonds is 16. The van der Waals surface area contributed by atoms with Gasteiger partial charge >= 0.3 is 0 Å². The fourth-order valence-corrected chi connectivity index (χ4v) is 9.43. The Morgan fingerprint density at radius 1 is 0.640 bits per heavy atom. The lowest BCUT2D eigenvalue weighted by Gasteiger charge is -2.13. The number of hydrogen-bond acceptors (Lipinski definition) is 19. The van der Waals surface area contributed by atoms with Crippen LogP contribution in [0.3, 0.4) is 0 Å². The van der Waals surface area contributed by atoms with Crippen LogP contribution in [-0.2, 0) is 45.3 Å². The van der Waals surface area contributed by atoms with Crippen molar-refractivity contribution in [1.82, 2.24) is 93.9 Å². The van der Waals surface area contributed by atoms with Crippen LogP contribution in [0, 0.1) is 11.6 Å². The number of nitrogens with zero attached hydrogens (tertiary/aromatic N) is 18. The molecular weight excluding hydrogens is 1040 g/mol. The number of ether oxygens (including phenoxy) is 2. The molecule has 0 spiro atoms. The standard InChI is InChI=1S/C22H21FN10O3S.C13H12ClN5O2S.C9H10FN5O/c1-36-19-6-5-18(33-13-24-28-30-33)17(22(19)23)8-25-37(34,35)21-12-32(29-27-21)11-16-10-31-9-15(14-2-3-14)4-7-20(31)26-16;14-22(20,21)13-8-19(17-16-13)7-11-6-18-5-10(9-1-2-9)3-4-12(18)15-11;1-16-8-3-2-7(6(4-11)9(8)10)15-5-12-13-14-15/h4-7,9-10,12-14,25H,2-3,8,11H2,1H3;3-6,8-9H,1-2,7H2;2-3,5H,4,11H2,1H3. The van der Waals surface area contributed by atoms with Crippen LogP contribution >= 0.6 is 10.7 Å². The molecule has 0 radical (unpaired) electrons. The second-order valence-electron chi connectivity index (χ2n) is 17.1. The van der Waals surface area contributed by atoms with E-state index in [9.17, 15) is 21.2 Å². The van der Waals surface area contributed by atoms with Gasteiger partial charge in [0.1, 0.15) is 23.9 Å². The molecule has 2 aliphatic rings. The number of hydrogen-bond donors (Lipinski definition) is 2. The van der Waals surface area contributed by atoms with E-state index in [4.69, 9.17) is 25.9 Å². The molecule has 75 heavy (non-hydrogen) atoms. The van der Waals surface area contributed by atoms with E-state index in [1.54, 1.807) is 6.07 Å². The molecule has 2 aromatic carbocycles. The van der Waals surface area contributed by atoms with Crippen molar-refractivity contribution in [3.63, 3.8) is 0 Å². The minimum atomic E-state index is -4.12. The molecule has 0 atom stereocenters. The van der Waals surface area contributed by atoms with Crippen molar-refractivity contribution in [2.45, 2.75) is 73.8 Å². The summed E-state index contributed by atoms with van der Waals surface area (Å²) in [6.07, 6.45) is 18.1. The van der Waals surface area contributed by atoms with Crippen molar-refractivity contribution < 1.29 is 35.1 Å². The molecular formula is C44H43ClF2N20O6S2. The van der Waals surface area contributed by atoms with Gasteiger partial charge in [-0.3, -0.25) is 0 Å². The molecule has 12 rings (SSSR count). The van der Waals surface area contributed by atoms with E-state index in [2.05, 4.69) is 90.9 Å². The van der Waals surface area contributed by atoms with Gasteiger partial charge in [-0.1, -0.05) is 22.6 Å². The number of nitrogens with two attached hydrogens (primary N) is 1. The van der Waals surface area contributed by atoms with Crippen LogP contribution in [0.1, 0.15) is 71.2 Å². The first-order chi connectivity index (χ1) is 36.2. The average Bonchev–Trinajstić information content (AvgIpc) is 3.86. The van der Waals surface area contributed by atoms with E-state index in [1.165, 1.54) is 113 Å². The summed E-state index contributed by atoms with van der Waals surface area (Å²) in [5.74, 6) is 0.185. The number of tetrazole rings is 2. The third kappa shape index (κ3) is 11.3. The molecule has 8 aromatic heterocycles. The summed E-state index contributed by atoms with van der Waals surface area (Å²) in [5.41, 5.74) is 12.3. The van der Waals surface area contributed by atoms with E-state index in [-0.39, 0.29) is 45.9 Å². The zero-order valence-electron chi connectivity index (χ0n) is 39.6. The van der Waals surface area contributed by atoms with Gasteiger partial charge in [0.25, 0.3) is 19.1 Å². The highest BCUT2D eigenvalue weighted by atomic mass is 35.7. The van der Waals surface area contributed by atoms with Crippen molar-refractivity contribution in [2.24, 2.45) is 5.73 Å². The second-order valence-corrected chi connectivity index (χ2v) is 21.3. The molecule has 8 heterocycles. The maximum atomic E-state index is 15.0. The van der Waals surface area contributed by atoms with Crippen LogP contribution in [0.25, 0.3) is 22.7 Å². The third-order valence-electron chi connectivity index (χ3n) is 12.0. The number of halogens is 3. The zero-order valence-corrected chi connectivity index (χ0v) is 42.0. The predicted octanol–water partition coefficient (Wildman–Crippen LogP) is 3.50.